The molecule has 7 nitrogen and oxygen atoms in total. The predicted molar refractivity (Wildman–Crippen MR) is 89.5 cm³/mol. The van der Waals surface area contributed by atoms with Gasteiger partial charge in [0, 0.05) is 20.1 Å². The fourth-order valence-electron chi connectivity index (χ4n) is 2.94. The van der Waals surface area contributed by atoms with Gasteiger partial charge in [0.2, 0.25) is 0 Å². The van der Waals surface area contributed by atoms with E-state index in [1.807, 2.05) is 0 Å². The van der Waals surface area contributed by atoms with Gasteiger partial charge < -0.3 is 19.3 Å². The molecule has 0 aliphatic carbocycles. The number of likely N-dealkylation sites (tertiary alicyclic amines) is 1. The zero-order chi connectivity index (χ0) is 18.0. The van der Waals surface area contributed by atoms with Crippen LogP contribution in [-0.4, -0.2) is 47.9 Å². The van der Waals surface area contributed by atoms with E-state index in [4.69, 9.17) is 9.52 Å². The van der Waals surface area contributed by atoms with E-state index in [2.05, 4.69) is 0 Å². The van der Waals surface area contributed by atoms with Crippen LogP contribution in [0.25, 0.3) is 0 Å². The second kappa shape index (κ2) is 6.80. The molecule has 1 aliphatic rings. The summed E-state index contributed by atoms with van der Waals surface area (Å²) in [6.07, 6.45) is 1.85. The Morgan fingerprint density at radius 3 is 2.60 bits per heavy atom. The number of nitrogens with zero attached hydrogens (tertiary/aromatic N) is 2. The standard InChI is InChI=1S/C18H18N2O5/c1-19(17(22)15-7-4-10-25-15)14-6-3-2-5-13(14)16(21)20-9-8-12(11-20)18(23)24/h2-7,10,12H,8-9,11H2,1H3,(H,23,24). The molecule has 25 heavy (non-hydrogen) atoms. The molecular weight excluding hydrogens is 324 g/mol. The van der Waals surface area contributed by atoms with Gasteiger partial charge in [-0.3, -0.25) is 14.4 Å². The number of aliphatic carboxylic acids is 1. The fourth-order valence-corrected chi connectivity index (χ4v) is 2.94. The van der Waals surface area contributed by atoms with Crippen LogP contribution in [-0.2, 0) is 4.79 Å². The predicted octanol–water partition coefficient (Wildman–Crippen LogP) is 2.10. The Labute approximate surface area is 144 Å². The number of carboxylic acids is 1. The summed E-state index contributed by atoms with van der Waals surface area (Å²) in [6, 6.07) is 9.95. The Morgan fingerprint density at radius 2 is 1.96 bits per heavy atom. The fraction of sp³-hybridized carbons (Fsp3) is 0.278. The lowest BCUT2D eigenvalue weighted by Crippen LogP contribution is -2.33. The van der Waals surface area contributed by atoms with Crippen molar-refractivity contribution < 1.29 is 23.9 Å². The number of para-hydroxylation sites is 1. The molecule has 0 saturated carbocycles. The summed E-state index contributed by atoms with van der Waals surface area (Å²) >= 11 is 0. The minimum Gasteiger partial charge on any atom is -0.481 e. The highest BCUT2D eigenvalue weighted by molar-refractivity contribution is 6.09. The Morgan fingerprint density at radius 1 is 1.20 bits per heavy atom. The van der Waals surface area contributed by atoms with Crippen LogP contribution in [0.3, 0.4) is 0 Å². The molecule has 2 heterocycles. The van der Waals surface area contributed by atoms with Gasteiger partial charge in [-0.05, 0) is 30.7 Å². The van der Waals surface area contributed by atoms with Crippen molar-refractivity contribution in [1.82, 2.24) is 4.90 Å². The second-order valence-corrected chi connectivity index (χ2v) is 5.93. The quantitative estimate of drug-likeness (QED) is 0.919. The summed E-state index contributed by atoms with van der Waals surface area (Å²) < 4.78 is 5.13. The van der Waals surface area contributed by atoms with E-state index < -0.39 is 11.9 Å². The monoisotopic (exact) mass is 342 g/mol. The molecule has 1 N–H and O–H groups in total. The van der Waals surface area contributed by atoms with Crippen LogP contribution < -0.4 is 4.90 Å². The first-order valence-electron chi connectivity index (χ1n) is 7.91. The van der Waals surface area contributed by atoms with Crippen molar-refractivity contribution in [3.63, 3.8) is 0 Å². The number of hydrogen-bond acceptors (Lipinski definition) is 4. The average Bonchev–Trinajstić information content (AvgIpc) is 3.31. The zero-order valence-electron chi connectivity index (χ0n) is 13.7. The van der Waals surface area contributed by atoms with Gasteiger partial charge in [-0.15, -0.1) is 0 Å². The molecule has 1 fully saturated rings. The Kier molecular flexibility index (Phi) is 4.56. The third-order valence-electron chi connectivity index (χ3n) is 4.36. The second-order valence-electron chi connectivity index (χ2n) is 5.93. The van der Waals surface area contributed by atoms with E-state index in [1.165, 1.54) is 16.1 Å². The summed E-state index contributed by atoms with van der Waals surface area (Å²) in [4.78, 5) is 39.3. The maximum Gasteiger partial charge on any atom is 0.308 e. The van der Waals surface area contributed by atoms with Crippen molar-refractivity contribution >= 4 is 23.5 Å². The number of rotatable bonds is 4. The van der Waals surface area contributed by atoms with E-state index in [9.17, 15) is 14.4 Å². The van der Waals surface area contributed by atoms with E-state index in [0.29, 0.717) is 24.2 Å². The van der Waals surface area contributed by atoms with Gasteiger partial charge in [0.05, 0.1) is 23.4 Å². The summed E-state index contributed by atoms with van der Waals surface area (Å²) in [5.41, 5.74) is 0.809. The molecule has 3 rings (SSSR count). The van der Waals surface area contributed by atoms with Gasteiger partial charge in [0.1, 0.15) is 0 Å². The third kappa shape index (κ3) is 3.26. The number of furan rings is 1. The van der Waals surface area contributed by atoms with Crippen molar-refractivity contribution in [3.05, 3.63) is 54.0 Å². The molecule has 0 spiro atoms. The van der Waals surface area contributed by atoms with E-state index in [0.717, 1.165) is 0 Å². The van der Waals surface area contributed by atoms with Crippen molar-refractivity contribution in [3.8, 4) is 0 Å². The van der Waals surface area contributed by atoms with Gasteiger partial charge in [-0.1, -0.05) is 12.1 Å². The summed E-state index contributed by atoms with van der Waals surface area (Å²) in [6.45, 7) is 0.568. The highest BCUT2D eigenvalue weighted by Gasteiger charge is 2.32. The maximum atomic E-state index is 12.8. The first-order valence-corrected chi connectivity index (χ1v) is 7.91. The van der Waals surface area contributed by atoms with Crippen LogP contribution >= 0.6 is 0 Å². The number of carbonyl (C=O) groups is 3. The lowest BCUT2D eigenvalue weighted by Gasteiger charge is -2.22. The molecule has 0 radical (unpaired) electrons. The van der Waals surface area contributed by atoms with Crippen molar-refractivity contribution in [1.29, 1.82) is 0 Å². The van der Waals surface area contributed by atoms with Crippen molar-refractivity contribution in [2.45, 2.75) is 6.42 Å². The van der Waals surface area contributed by atoms with Crippen LogP contribution in [0.4, 0.5) is 5.69 Å². The largest absolute Gasteiger partial charge is 0.481 e. The Bertz CT molecular complexity index is 800. The van der Waals surface area contributed by atoms with Gasteiger partial charge in [-0.2, -0.15) is 0 Å². The van der Waals surface area contributed by atoms with Crippen LogP contribution in [0, 0.1) is 5.92 Å². The minimum absolute atomic E-state index is 0.178. The molecule has 7 heteroatoms. The summed E-state index contributed by atoms with van der Waals surface area (Å²) in [5, 5.41) is 9.10. The first-order chi connectivity index (χ1) is 12.0. The third-order valence-corrected chi connectivity index (χ3v) is 4.36. The normalized spacial score (nSPS) is 16.7. The smallest absolute Gasteiger partial charge is 0.308 e. The SMILES string of the molecule is CN(C(=O)c1ccco1)c1ccccc1C(=O)N1CCC(C(=O)O)C1. The molecule has 2 amide bonds. The van der Waals surface area contributed by atoms with Gasteiger partial charge in [-0.25, -0.2) is 0 Å². The Hall–Kier alpha value is -3.09. The lowest BCUT2D eigenvalue weighted by molar-refractivity contribution is -0.141. The molecule has 2 aromatic rings. The van der Waals surface area contributed by atoms with E-state index >= 15 is 0 Å². The summed E-state index contributed by atoms with van der Waals surface area (Å²) in [5.74, 6) is -1.90. The van der Waals surface area contributed by atoms with Crippen LogP contribution in [0.2, 0.25) is 0 Å². The number of hydrogen-bond donors (Lipinski definition) is 1. The number of benzene rings is 1. The molecule has 1 unspecified atom stereocenters. The number of amides is 2. The van der Waals surface area contributed by atoms with Gasteiger partial charge >= 0.3 is 5.97 Å². The lowest BCUT2D eigenvalue weighted by atomic mass is 10.1. The molecule has 1 aromatic heterocycles. The van der Waals surface area contributed by atoms with Crippen LogP contribution in [0.5, 0.6) is 0 Å². The van der Waals surface area contributed by atoms with Crippen LogP contribution in [0.15, 0.2) is 47.1 Å². The number of carbonyl (C=O) groups excluding carboxylic acids is 2. The topological polar surface area (TPSA) is 91.1 Å². The van der Waals surface area contributed by atoms with E-state index in [-0.39, 0.29) is 24.1 Å². The van der Waals surface area contributed by atoms with Gasteiger partial charge in [0.15, 0.2) is 5.76 Å². The van der Waals surface area contributed by atoms with Crippen LogP contribution in [0.1, 0.15) is 27.3 Å². The Balaban J connectivity index is 1.85. The molecule has 1 aromatic carbocycles. The first kappa shape index (κ1) is 16.8. The molecule has 1 atom stereocenters. The maximum absolute atomic E-state index is 12.8. The molecule has 1 aliphatic heterocycles. The average molecular weight is 342 g/mol. The molecule has 130 valence electrons. The number of carboxylic acid groups (broad SMARTS) is 1. The minimum atomic E-state index is -0.895. The van der Waals surface area contributed by atoms with E-state index in [1.54, 1.807) is 43.4 Å². The van der Waals surface area contributed by atoms with Crippen molar-refractivity contribution in [2.24, 2.45) is 5.92 Å². The molecule has 0 bridgehead atoms. The number of anilines is 1. The zero-order valence-corrected chi connectivity index (χ0v) is 13.7. The highest BCUT2D eigenvalue weighted by atomic mass is 16.4. The van der Waals surface area contributed by atoms with Gasteiger partial charge in [0.25, 0.3) is 11.8 Å². The molecule has 1 saturated heterocycles. The summed E-state index contributed by atoms with van der Waals surface area (Å²) in [7, 11) is 1.57. The highest BCUT2D eigenvalue weighted by Crippen LogP contribution is 2.25. The van der Waals surface area contributed by atoms with Crippen molar-refractivity contribution in [2.75, 3.05) is 25.0 Å². The molecular formula is C18H18N2O5.